The normalized spacial score (nSPS) is 16.1. The van der Waals surface area contributed by atoms with Crippen molar-refractivity contribution in [3.05, 3.63) is 28.2 Å². The van der Waals surface area contributed by atoms with Gasteiger partial charge in [0.15, 0.2) is 0 Å². The third-order valence-electron chi connectivity index (χ3n) is 3.44. The highest BCUT2D eigenvalue weighted by Crippen LogP contribution is 2.25. The minimum absolute atomic E-state index is 0.0658. The molecule has 0 aromatic heterocycles. The largest absolute Gasteiger partial charge is 0.398 e. The van der Waals surface area contributed by atoms with Gasteiger partial charge in [0.25, 0.3) is 5.91 Å². The van der Waals surface area contributed by atoms with Crippen molar-refractivity contribution in [2.24, 2.45) is 0 Å². The molecule has 1 aliphatic carbocycles. The van der Waals surface area contributed by atoms with Gasteiger partial charge in [-0.05, 0) is 47.0 Å². The van der Waals surface area contributed by atoms with E-state index in [2.05, 4.69) is 15.9 Å². The standard InChI is InChI=1S/C13H17BrN2O/c1-16(10-4-2-3-5-10)13(17)9-6-7-11(14)12(15)8-9/h6-8,10H,2-5,15H2,1H3. The Labute approximate surface area is 110 Å². The number of benzene rings is 1. The molecule has 92 valence electrons. The number of carbonyl (C=O) groups is 1. The zero-order valence-electron chi connectivity index (χ0n) is 9.95. The number of hydrogen-bond acceptors (Lipinski definition) is 2. The first-order valence-corrected chi connectivity index (χ1v) is 6.71. The highest BCUT2D eigenvalue weighted by molar-refractivity contribution is 9.10. The Morgan fingerprint density at radius 3 is 2.65 bits per heavy atom. The van der Waals surface area contributed by atoms with E-state index >= 15 is 0 Å². The smallest absolute Gasteiger partial charge is 0.253 e. The summed E-state index contributed by atoms with van der Waals surface area (Å²) < 4.78 is 0.831. The first-order valence-electron chi connectivity index (χ1n) is 5.92. The van der Waals surface area contributed by atoms with Gasteiger partial charge in [0, 0.05) is 28.8 Å². The summed E-state index contributed by atoms with van der Waals surface area (Å²) in [4.78, 5) is 14.1. The van der Waals surface area contributed by atoms with Crippen molar-refractivity contribution in [1.29, 1.82) is 0 Å². The number of anilines is 1. The second-order valence-electron chi connectivity index (χ2n) is 4.59. The van der Waals surface area contributed by atoms with E-state index in [1.54, 1.807) is 6.07 Å². The van der Waals surface area contributed by atoms with Crippen LogP contribution in [0.2, 0.25) is 0 Å². The van der Waals surface area contributed by atoms with Gasteiger partial charge in [-0.3, -0.25) is 4.79 Å². The number of halogens is 1. The lowest BCUT2D eigenvalue weighted by atomic mass is 10.1. The maximum Gasteiger partial charge on any atom is 0.253 e. The summed E-state index contributed by atoms with van der Waals surface area (Å²) in [6.45, 7) is 0. The van der Waals surface area contributed by atoms with E-state index < -0.39 is 0 Å². The van der Waals surface area contributed by atoms with Crippen molar-refractivity contribution in [1.82, 2.24) is 4.90 Å². The summed E-state index contributed by atoms with van der Waals surface area (Å²) in [5.74, 6) is 0.0658. The summed E-state index contributed by atoms with van der Waals surface area (Å²) in [5, 5.41) is 0. The number of nitrogens with zero attached hydrogens (tertiary/aromatic N) is 1. The predicted octanol–water partition coefficient (Wildman–Crippen LogP) is 3.05. The molecule has 2 N–H and O–H groups in total. The van der Waals surface area contributed by atoms with Gasteiger partial charge in [0.2, 0.25) is 0 Å². The van der Waals surface area contributed by atoms with Crippen LogP contribution in [0.25, 0.3) is 0 Å². The minimum atomic E-state index is 0.0658. The maximum absolute atomic E-state index is 12.3. The fourth-order valence-electron chi connectivity index (χ4n) is 2.34. The summed E-state index contributed by atoms with van der Waals surface area (Å²) in [7, 11) is 1.89. The molecule has 2 rings (SSSR count). The Bertz CT molecular complexity index is 427. The average Bonchev–Trinajstić information content (AvgIpc) is 2.84. The zero-order chi connectivity index (χ0) is 12.4. The quantitative estimate of drug-likeness (QED) is 0.853. The van der Waals surface area contributed by atoms with Crippen molar-refractivity contribution in [2.75, 3.05) is 12.8 Å². The summed E-state index contributed by atoms with van der Waals surface area (Å²) in [5.41, 5.74) is 7.07. The molecular weight excluding hydrogens is 280 g/mol. The fraction of sp³-hybridized carbons (Fsp3) is 0.462. The Kier molecular flexibility index (Phi) is 3.72. The molecule has 0 aliphatic heterocycles. The maximum atomic E-state index is 12.3. The van der Waals surface area contributed by atoms with Gasteiger partial charge in [-0.15, -0.1) is 0 Å². The van der Waals surface area contributed by atoms with E-state index in [1.807, 2.05) is 24.1 Å². The van der Waals surface area contributed by atoms with Crippen LogP contribution in [0.1, 0.15) is 36.0 Å². The van der Waals surface area contributed by atoms with Gasteiger partial charge in [0.1, 0.15) is 0 Å². The molecule has 1 aromatic rings. The lowest BCUT2D eigenvalue weighted by molar-refractivity contribution is 0.0735. The van der Waals surface area contributed by atoms with Crippen LogP contribution in [0.15, 0.2) is 22.7 Å². The van der Waals surface area contributed by atoms with Crippen LogP contribution in [-0.2, 0) is 0 Å². The second kappa shape index (κ2) is 5.08. The molecule has 0 spiro atoms. The topological polar surface area (TPSA) is 46.3 Å². The molecule has 1 amide bonds. The molecular formula is C13H17BrN2O. The fourth-order valence-corrected chi connectivity index (χ4v) is 2.58. The number of carbonyl (C=O) groups excluding carboxylic acids is 1. The molecule has 3 nitrogen and oxygen atoms in total. The van der Waals surface area contributed by atoms with Gasteiger partial charge in [-0.1, -0.05) is 12.8 Å². The average molecular weight is 297 g/mol. The number of amides is 1. The predicted molar refractivity (Wildman–Crippen MR) is 72.9 cm³/mol. The van der Waals surface area contributed by atoms with Gasteiger partial charge in [-0.2, -0.15) is 0 Å². The number of hydrogen-bond donors (Lipinski definition) is 1. The molecule has 0 atom stereocenters. The van der Waals surface area contributed by atoms with Crippen molar-refractivity contribution < 1.29 is 4.79 Å². The molecule has 0 saturated heterocycles. The van der Waals surface area contributed by atoms with Crippen molar-refractivity contribution in [3.63, 3.8) is 0 Å². The molecule has 0 unspecified atom stereocenters. The van der Waals surface area contributed by atoms with Crippen LogP contribution in [0.4, 0.5) is 5.69 Å². The lowest BCUT2D eigenvalue weighted by Gasteiger charge is -2.24. The summed E-state index contributed by atoms with van der Waals surface area (Å²) >= 11 is 3.33. The van der Waals surface area contributed by atoms with Crippen molar-refractivity contribution in [2.45, 2.75) is 31.7 Å². The van der Waals surface area contributed by atoms with E-state index in [4.69, 9.17) is 5.73 Å². The Hall–Kier alpha value is -1.03. The molecule has 1 aliphatic rings. The monoisotopic (exact) mass is 296 g/mol. The highest BCUT2D eigenvalue weighted by Gasteiger charge is 2.24. The van der Waals surface area contributed by atoms with Crippen molar-refractivity contribution >= 4 is 27.5 Å². The number of nitrogen functional groups attached to an aromatic ring is 1. The molecule has 17 heavy (non-hydrogen) atoms. The Morgan fingerprint density at radius 1 is 1.41 bits per heavy atom. The minimum Gasteiger partial charge on any atom is -0.398 e. The lowest BCUT2D eigenvalue weighted by Crippen LogP contribution is -2.35. The van der Waals surface area contributed by atoms with E-state index in [1.165, 1.54) is 12.8 Å². The van der Waals surface area contributed by atoms with Crippen LogP contribution in [-0.4, -0.2) is 23.9 Å². The third-order valence-corrected chi connectivity index (χ3v) is 4.16. The highest BCUT2D eigenvalue weighted by atomic mass is 79.9. The number of nitrogens with two attached hydrogens (primary N) is 1. The van der Waals surface area contributed by atoms with Gasteiger partial charge >= 0.3 is 0 Å². The van der Waals surface area contributed by atoms with Crippen molar-refractivity contribution in [3.8, 4) is 0 Å². The molecule has 0 radical (unpaired) electrons. The summed E-state index contributed by atoms with van der Waals surface area (Å²) in [6.07, 6.45) is 4.69. The van der Waals surface area contributed by atoms with Crippen LogP contribution in [0, 0.1) is 0 Å². The van der Waals surface area contributed by atoms with Crippen LogP contribution < -0.4 is 5.73 Å². The van der Waals surface area contributed by atoms with Crippen LogP contribution in [0.3, 0.4) is 0 Å². The first kappa shape index (κ1) is 12.4. The zero-order valence-corrected chi connectivity index (χ0v) is 11.5. The van der Waals surface area contributed by atoms with Crippen LogP contribution in [0.5, 0.6) is 0 Å². The number of rotatable bonds is 2. The van der Waals surface area contributed by atoms with E-state index in [-0.39, 0.29) is 5.91 Å². The molecule has 1 aromatic carbocycles. The van der Waals surface area contributed by atoms with Gasteiger partial charge < -0.3 is 10.6 Å². The Morgan fingerprint density at radius 2 is 2.06 bits per heavy atom. The molecule has 1 saturated carbocycles. The molecule has 4 heteroatoms. The van der Waals surface area contributed by atoms with E-state index in [0.717, 1.165) is 17.3 Å². The SMILES string of the molecule is CN(C(=O)c1ccc(Br)c(N)c1)C1CCCC1. The van der Waals surface area contributed by atoms with E-state index in [9.17, 15) is 4.79 Å². The van der Waals surface area contributed by atoms with Gasteiger partial charge in [-0.25, -0.2) is 0 Å². The van der Waals surface area contributed by atoms with Crippen LogP contribution >= 0.6 is 15.9 Å². The summed E-state index contributed by atoms with van der Waals surface area (Å²) in [6, 6.07) is 5.77. The second-order valence-corrected chi connectivity index (χ2v) is 5.44. The van der Waals surface area contributed by atoms with Gasteiger partial charge in [0.05, 0.1) is 0 Å². The van der Waals surface area contributed by atoms with E-state index in [0.29, 0.717) is 17.3 Å². The molecule has 0 heterocycles. The first-order chi connectivity index (χ1) is 8.09. The molecule has 1 fully saturated rings. The Balaban J connectivity index is 2.15. The molecule has 0 bridgehead atoms. The third kappa shape index (κ3) is 2.63.